The third-order valence-electron chi connectivity index (χ3n) is 7.76. The Morgan fingerprint density at radius 3 is 2.57 bits per heavy atom. The number of ether oxygens (including phenoxy) is 1. The second kappa shape index (κ2) is 12.1. The van der Waals surface area contributed by atoms with Gasteiger partial charge in [-0.1, -0.05) is 18.5 Å². The third kappa shape index (κ3) is 6.06. The number of piperazine rings is 1. The van der Waals surface area contributed by atoms with Crippen LogP contribution < -0.4 is 26.0 Å². The molecule has 1 aromatic carbocycles. The lowest BCUT2D eigenvalue weighted by Gasteiger charge is -2.34. The smallest absolute Gasteiger partial charge is 0.381 e. The van der Waals surface area contributed by atoms with Gasteiger partial charge in [-0.05, 0) is 44.4 Å². The van der Waals surface area contributed by atoms with Gasteiger partial charge in [-0.3, -0.25) is 9.59 Å². The predicted octanol–water partition coefficient (Wildman–Crippen LogP) is 3.18. The second-order valence-corrected chi connectivity index (χ2v) is 11.0. The summed E-state index contributed by atoms with van der Waals surface area (Å²) in [5, 5.41) is 10.3. The Kier molecular flexibility index (Phi) is 8.67. The molecule has 2 fully saturated rings. The van der Waals surface area contributed by atoms with Crippen LogP contribution in [0.25, 0.3) is 5.78 Å². The van der Waals surface area contributed by atoms with Crippen LogP contribution in [-0.4, -0.2) is 77.1 Å². The maximum absolute atomic E-state index is 13.9. The summed E-state index contributed by atoms with van der Waals surface area (Å²) in [6, 6.07) is 2.90. The molecule has 0 saturated carbocycles. The van der Waals surface area contributed by atoms with Crippen molar-refractivity contribution in [1.82, 2.24) is 24.5 Å². The molecule has 0 spiro atoms. The number of carbonyl (C=O) groups is 1. The summed E-state index contributed by atoms with van der Waals surface area (Å²) in [7, 11) is 1.68. The molecule has 0 radical (unpaired) electrons. The number of carbonyl (C=O) groups excluding carboxylic acids is 1. The van der Waals surface area contributed by atoms with Crippen molar-refractivity contribution in [3.8, 4) is 0 Å². The van der Waals surface area contributed by atoms with Gasteiger partial charge in [0.1, 0.15) is 12.2 Å². The first-order valence-electron chi connectivity index (χ1n) is 13.9. The number of amides is 1. The fourth-order valence-electron chi connectivity index (χ4n) is 5.61. The topological polar surface area (TPSA) is 109 Å². The van der Waals surface area contributed by atoms with E-state index in [4.69, 9.17) is 21.3 Å². The van der Waals surface area contributed by atoms with Crippen molar-refractivity contribution in [2.24, 2.45) is 0 Å². The molecule has 2 aliphatic rings. The maximum atomic E-state index is 13.9. The van der Waals surface area contributed by atoms with Gasteiger partial charge in [0.2, 0.25) is 17.6 Å². The minimum atomic E-state index is -4.56. The van der Waals surface area contributed by atoms with E-state index in [2.05, 4.69) is 15.7 Å². The lowest BCUT2D eigenvalue weighted by Crippen LogP contribution is -2.51. The summed E-state index contributed by atoms with van der Waals surface area (Å²) in [5.74, 6) is 0.0535. The van der Waals surface area contributed by atoms with Crippen molar-refractivity contribution >= 4 is 40.6 Å². The monoisotopic (exact) mass is 610 g/mol. The number of fused-ring (bicyclic) bond motifs is 1. The number of benzene rings is 1. The molecule has 0 aliphatic carbocycles. The van der Waals surface area contributed by atoms with E-state index in [1.165, 1.54) is 4.52 Å². The molecule has 2 N–H and O–H groups in total. The van der Waals surface area contributed by atoms with Crippen LogP contribution in [0.4, 0.5) is 30.5 Å². The van der Waals surface area contributed by atoms with E-state index in [0.29, 0.717) is 56.5 Å². The molecular formula is C27H34ClF3N8O3. The molecule has 4 heterocycles. The highest BCUT2D eigenvalue weighted by Crippen LogP contribution is 2.34. The average Bonchev–Trinajstić information content (AvgIpc) is 3.41. The van der Waals surface area contributed by atoms with Crippen molar-refractivity contribution in [3.05, 3.63) is 44.8 Å². The number of alkyl halides is 3. The van der Waals surface area contributed by atoms with Crippen LogP contribution in [0.2, 0.25) is 5.02 Å². The van der Waals surface area contributed by atoms with Crippen LogP contribution in [0.3, 0.4) is 0 Å². The van der Waals surface area contributed by atoms with Crippen LogP contribution >= 0.6 is 11.6 Å². The zero-order valence-corrected chi connectivity index (χ0v) is 24.4. The average molecular weight is 611 g/mol. The molecule has 0 bridgehead atoms. The fourth-order valence-corrected chi connectivity index (χ4v) is 5.83. The molecule has 2 aliphatic heterocycles. The number of hydrogen-bond acceptors (Lipinski definition) is 8. The van der Waals surface area contributed by atoms with Gasteiger partial charge in [-0.2, -0.15) is 22.7 Å². The highest BCUT2D eigenvalue weighted by molar-refractivity contribution is 6.33. The Morgan fingerprint density at radius 1 is 1.21 bits per heavy atom. The Hall–Kier alpha value is -3.36. The van der Waals surface area contributed by atoms with Crippen molar-refractivity contribution in [2.75, 3.05) is 55.0 Å². The van der Waals surface area contributed by atoms with Crippen LogP contribution in [0.1, 0.15) is 37.9 Å². The molecule has 15 heteroatoms. The summed E-state index contributed by atoms with van der Waals surface area (Å²) in [5.41, 5.74) is -0.116. The van der Waals surface area contributed by atoms with E-state index in [1.807, 2.05) is 23.6 Å². The highest BCUT2D eigenvalue weighted by atomic mass is 35.5. The SMILES string of the molecule is CCc1c(N2CCN[C@H](C)C2)c(=O)n2nc(N3CCC(OC)CC3)nc2n1CC(=O)Nc1ccc(C(F)(F)F)cc1Cl. The minimum Gasteiger partial charge on any atom is -0.381 e. The molecule has 0 unspecified atom stereocenters. The third-order valence-corrected chi connectivity index (χ3v) is 8.08. The number of nitrogens with one attached hydrogen (secondary N) is 2. The fraction of sp³-hybridized carbons (Fsp3) is 0.556. The molecule has 42 heavy (non-hydrogen) atoms. The maximum Gasteiger partial charge on any atom is 0.416 e. The van der Waals surface area contributed by atoms with Gasteiger partial charge in [-0.15, -0.1) is 5.10 Å². The lowest BCUT2D eigenvalue weighted by molar-refractivity contribution is -0.137. The van der Waals surface area contributed by atoms with Gasteiger partial charge >= 0.3 is 6.18 Å². The normalized spacial score (nSPS) is 18.6. The number of aromatic nitrogens is 4. The van der Waals surface area contributed by atoms with Crippen molar-refractivity contribution in [1.29, 1.82) is 0 Å². The predicted molar refractivity (Wildman–Crippen MR) is 154 cm³/mol. The number of halogens is 4. The van der Waals surface area contributed by atoms with Gasteiger partial charge < -0.3 is 29.7 Å². The molecule has 3 aromatic rings. The summed E-state index contributed by atoms with van der Waals surface area (Å²) >= 11 is 6.09. The van der Waals surface area contributed by atoms with Gasteiger partial charge in [0.25, 0.3) is 5.56 Å². The van der Waals surface area contributed by atoms with Crippen LogP contribution in [0.5, 0.6) is 0 Å². The summed E-state index contributed by atoms with van der Waals surface area (Å²) in [6.07, 6.45) is -2.42. The van der Waals surface area contributed by atoms with Gasteiger partial charge in [0.05, 0.1) is 28.1 Å². The first-order valence-corrected chi connectivity index (χ1v) is 14.3. The highest BCUT2D eigenvalue weighted by Gasteiger charge is 2.32. The van der Waals surface area contributed by atoms with E-state index in [9.17, 15) is 22.8 Å². The van der Waals surface area contributed by atoms with Crippen molar-refractivity contribution < 1.29 is 22.7 Å². The number of nitrogens with zero attached hydrogens (tertiary/aromatic N) is 6. The van der Waals surface area contributed by atoms with Gasteiger partial charge in [-0.25, -0.2) is 0 Å². The molecule has 228 valence electrons. The van der Waals surface area contributed by atoms with E-state index in [0.717, 1.165) is 31.0 Å². The number of anilines is 3. The summed E-state index contributed by atoms with van der Waals surface area (Å²) in [6.45, 7) is 6.85. The Labute approximate surface area is 245 Å². The molecular weight excluding hydrogens is 577 g/mol. The number of hydrogen-bond donors (Lipinski definition) is 2. The Morgan fingerprint density at radius 2 is 1.95 bits per heavy atom. The van der Waals surface area contributed by atoms with Crippen LogP contribution in [-0.2, 0) is 28.7 Å². The zero-order valence-electron chi connectivity index (χ0n) is 23.7. The second-order valence-electron chi connectivity index (χ2n) is 10.6. The van der Waals surface area contributed by atoms with Crippen LogP contribution in [0.15, 0.2) is 23.0 Å². The van der Waals surface area contributed by atoms with E-state index in [-0.39, 0.29) is 40.7 Å². The first-order chi connectivity index (χ1) is 20.0. The van der Waals surface area contributed by atoms with Gasteiger partial charge in [0.15, 0.2) is 0 Å². The number of rotatable bonds is 7. The summed E-state index contributed by atoms with van der Waals surface area (Å²) in [4.78, 5) is 36.0. The van der Waals surface area contributed by atoms with Crippen molar-refractivity contribution in [3.63, 3.8) is 0 Å². The van der Waals surface area contributed by atoms with E-state index < -0.39 is 17.6 Å². The Balaban J connectivity index is 1.54. The first kappa shape index (κ1) is 30.1. The molecule has 1 amide bonds. The summed E-state index contributed by atoms with van der Waals surface area (Å²) < 4.78 is 47.7. The molecule has 2 aromatic heterocycles. The largest absolute Gasteiger partial charge is 0.416 e. The number of piperidine rings is 1. The van der Waals surface area contributed by atoms with E-state index >= 15 is 0 Å². The molecule has 5 rings (SSSR count). The lowest BCUT2D eigenvalue weighted by atomic mass is 10.1. The molecule has 1 atom stereocenters. The molecule has 11 nitrogen and oxygen atoms in total. The zero-order chi connectivity index (χ0) is 30.2. The van der Waals surface area contributed by atoms with Crippen molar-refractivity contribution in [2.45, 2.75) is 58.0 Å². The van der Waals surface area contributed by atoms with E-state index in [1.54, 1.807) is 11.7 Å². The minimum absolute atomic E-state index is 0.0455. The quantitative estimate of drug-likeness (QED) is 0.420. The van der Waals surface area contributed by atoms with Crippen LogP contribution in [0, 0.1) is 0 Å². The van der Waals surface area contributed by atoms with Gasteiger partial charge in [0, 0.05) is 45.9 Å². The standard InChI is InChI=1S/C27H34ClF3N8O3/c1-4-21-23(37-12-9-32-16(2)14-37)24(41)39-26(34-25(35-39)36-10-7-18(42-3)8-11-36)38(21)15-22(40)33-20-6-5-17(13-19(20)28)27(29,30)31/h5-6,13,16,18,32H,4,7-12,14-15H2,1-3H3,(H,33,40)/t16-/m1/s1. The number of methoxy groups -OCH3 is 1. The Bertz CT molecular complexity index is 1520. The molecule has 2 saturated heterocycles.